The van der Waals surface area contributed by atoms with Gasteiger partial charge in [0.25, 0.3) is 0 Å². The molecule has 0 heterocycles. The Hall–Kier alpha value is -1.96. The van der Waals surface area contributed by atoms with Crippen LogP contribution in [-0.2, 0) is 0 Å². The van der Waals surface area contributed by atoms with Crippen molar-refractivity contribution in [3.63, 3.8) is 0 Å². The Labute approximate surface area is 95.1 Å². The summed E-state index contributed by atoms with van der Waals surface area (Å²) in [4.78, 5) is 0. The molecule has 0 aliphatic rings. The summed E-state index contributed by atoms with van der Waals surface area (Å²) in [6.07, 6.45) is 0. The maximum atomic E-state index is 9.42. The van der Waals surface area contributed by atoms with Crippen LogP contribution in [0, 0.1) is 0 Å². The highest BCUT2D eigenvalue weighted by atomic mass is 16.5. The number of phenols is 1. The highest BCUT2D eigenvalue weighted by Gasteiger charge is 2.00. The molecule has 0 aliphatic carbocycles. The summed E-state index contributed by atoms with van der Waals surface area (Å²) in [5.74, 6) is 1.13. The normalized spacial score (nSPS) is 10.1. The first-order valence-corrected chi connectivity index (χ1v) is 5.32. The smallest absolute Gasteiger partial charge is 0.119 e. The van der Waals surface area contributed by atoms with Gasteiger partial charge in [0.05, 0.1) is 6.61 Å². The molecule has 0 saturated carbocycles. The Morgan fingerprint density at radius 2 is 1.69 bits per heavy atom. The van der Waals surface area contributed by atoms with E-state index in [2.05, 4.69) is 0 Å². The minimum atomic E-state index is 0.277. The highest BCUT2D eigenvalue weighted by Crippen LogP contribution is 2.26. The van der Waals surface area contributed by atoms with Crippen molar-refractivity contribution in [1.29, 1.82) is 0 Å². The first kappa shape index (κ1) is 10.6. The zero-order valence-electron chi connectivity index (χ0n) is 9.18. The van der Waals surface area contributed by atoms with Crippen LogP contribution in [0.25, 0.3) is 11.1 Å². The number of aromatic hydroxyl groups is 1. The van der Waals surface area contributed by atoms with E-state index in [1.165, 1.54) is 0 Å². The molecule has 0 saturated heterocycles. The van der Waals surface area contributed by atoms with Crippen LogP contribution < -0.4 is 4.74 Å². The summed E-state index contributed by atoms with van der Waals surface area (Å²) < 4.78 is 5.44. The van der Waals surface area contributed by atoms with E-state index < -0.39 is 0 Å². The van der Waals surface area contributed by atoms with Crippen molar-refractivity contribution in [2.75, 3.05) is 6.61 Å². The number of hydrogen-bond donors (Lipinski definition) is 1. The van der Waals surface area contributed by atoms with Gasteiger partial charge in [-0.15, -0.1) is 0 Å². The van der Waals surface area contributed by atoms with Crippen molar-refractivity contribution < 1.29 is 9.84 Å². The lowest BCUT2D eigenvalue weighted by Gasteiger charge is -2.06. The summed E-state index contributed by atoms with van der Waals surface area (Å²) >= 11 is 0. The Kier molecular flexibility index (Phi) is 3.10. The van der Waals surface area contributed by atoms with Gasteiger partial charge in [0.1, 0.15) is 11.5 Å². The van der Waals surface area contributed by atoms with E-state index in [1.807, 2.05) is 43.3 Å². The lowest BCUT2D eigenvalue weighted by Crippen LogP contribution is -1.91. The molecule has 16 heavy (non-hydrogen) atoms. The average molecular weight is 214 g/mol. The molecule has 0 aromatic heterocycles. The zero-order chi connectivity index (χ0) is 11.4. The number of phenolic OH excluding ortho intramolecular Hbond substituents is 1. The summed E-state index contributed by atoms with van der Waals surface area (Å²) in [6.45, 7) is 2.62. The van der Waals surface area contributed by atoms with Gasteiger partial charge in [-0.25, -0.2) is 0 Å². The maximum absolute atomic E-state index is 9.42. The fourth-order valence-corrected chi connectivity index (χ4v) is 1.62. The molecule has 0 bridgehead atoms. The molecule has 1 N–H and O–H groups in total. The van der Waals surface area contributed by atoms with Crippen molar-refractivity contribution in [2.24, 2.45) is 0 Å². The molecule has 0 amide bonds. The molecular weight excluding hydrogens is 200 g/mol. The second-order valence-corrected chi connectivity index (χ2v) is 3.51. The van der Waals surface area contributed by atoms with Crippen LogP contribution in [0.4, 0.5) is 0 Å². The van der Waals surface area contributed by atoms with E-state index >= 15 is 0 Å². The summed E-state index contributed by atoms with van der Waals surface area (Å²) in [5.41, 5.74) is 2.03. The molecule has 2 aromatic carbocycles. The largest absolute Gasteiger partial charge is 0.508 e. The van der Waals surface area contributed by atoms with Crippen LogP contribution in [-0.4, -0.2) is 11.7 Å². The van der Waals surface area contributed by atoms with Gasteiger partial charge in [-0.1, -0.05) is 24.3 Å². The van der Waals surface area contributed by atoms with Crippen LogP contribution in [0.3, 0.4) is 0 Å². The zero-order valence-corrected chi connectivity index (χ0v) is 9.18. The third-order valence-corrected chi connectivity index (χ3v) is 2.32. The van der Waals surface area contributed by atoms with Crippen LogP contribution in [0.2, 0.25) is 0 Å². The lowest BCUT2D eigenvalue weighted by atomic mass is 10.1. The van der Waals surface area contributed by atoms with Gasteiger partial charge >= 0.3 is 0 Å². The minimum Gasteiger partial charge on any atom is -0.508 e. The fraction of sp³-hybridized carbons (Fsp3) is 0.143. The monoisotopic (exact) mass is 214 g/mol. The molecule has 2 heteroatoms. The van der Waals surface area contributed by atoms with E-state index in [4.69, 9.17) is 4.74 Å². The topological polar surface area (TPSA) is 29.5 Å². The van der Waals surface area contributed by atoms with E-state index in [9.17, 15) is 5.11 Å². The van der Waals surface area contributed by atoms with Crippen molar-refractivity contribution in [1.82, 2.24) is 0 Å². The molecule has 0 radical (unpaired) electrons. The van der Waals surface area contributed by atoms with Gasteiger partial charge in [-0.05, 0) is 42.3 Å². The Morgan fingerprint density at radius 1 is 1.00 bits per heavy atom. The maximum Gasteiger partial charge on any atom is 0.119 e. The standard InChI is InChI=1S/C14H14O2/c1-2-16-14-8-4-6-12(10-14)11-5-3-7-13(15)9-11/h3-10,15H,2H2,1H3. The molecule has 2 nitrogen and oxygen atoms in total. The number of benzene rings is 2. The number of rotatable bonds is 3. The quantitative estimate of drug-likeness (QED) is 0.847. The Morgan fingerprint density at radius 3 is 2.38 bits per heavy atom. The van der Waals surface area contributed by atoms with Gasteiger partial charge in [-0.2, -0.15) is 0 Å². The molecule has 0 atom stereocenters. The van der Waals surface area contributed by atoms with Gasteiger partial charge in [-0.3, -0.25) is 0 Å². The number of ether oxygens (including phenoxy) is 1. The predicted molar refractivity (Wildman–Crippen MR) is 64.7 cm³/mol. The molecule has 0 fully saturated rings. The average Bonchev–Trinajstić information content (AvgIpc) is 2.30. The summed E-state index contributed by atoms with van der Waals surface area (Å²) in [5, 5.41) is 9.42. The number of hydrogen-bond acceptors (Lipinski definition) is 2. The van der Waals surface area contributed by atoms with Gasteiger partial charge in [0.15, 0.2) is 0 Å². The molecule has 2 rings (SSSR count). The molecule has 0 unspecified atom stereocenters. The Bertz CT molecular complexity index is 478. The van der Waals surface area contributed by atoms with Crippen LogP contribution in [0.1, 0.15) is 6.92 Å². The van der Waals surface area contributed by atoms with E-state index in [-0.39, 0.29) is 5.75 Å². The SMILES string of the molecule is CCOc1cccc(-c2cccc(O)c2)c1. The van der Waals surface area contributed by atoms with E-state index in [0.29, 0.717) is 6.61 Å². The third-order valence-electron chi connectivity index (χ3n) is 2.32. The Balaban J connectivity index is 2.36. The van der Waals surface area contributed by atoms with Gasteiger partial charge in [0, 0.05) is 0 Å². The van der Waals surface area contributed by atoms with Crippen molar-refractivity contribution in [3.05, 3.63) is 48.5 Å². The predicted octanol–water partition coefficient (Wildman–Crippen LogP) is 3.46. The summed E-state index contributed by atoms with van der Waals surface area (Å²) in [6, 6.07) is 15.0. The molecule has 0 spiro atoms. The lowest BCUT2D eigenvalue weighted by molar-refractivity contribution is 0.340. The van der Waals surface area contributed by atoms with Crippen LogP contribution >= 0.6 is 0 Å². The highest BCUT2D eigenvalue weighted by molar-refractivity contribution is 5.66. The van der Waals surface area contributed by atoms with Crippen LogP contribution in [0.15, 0.2) is 48.5 Å². The molecule has 0 aliphatic heterocycles. The second kappa shape index (κ2) is 4.71. The minimum absolute atomic E-state index is 0.277. The first-order chi connectivity index (χ1) is 7.79. The first-order valence-electron chi connectivity index (χ1n) is 5.32. The van der Waals surface area contributed by atoms with Gasteiger partial charge in [0.2, 0.25) is 0 Å². The van der Waals surface area contributed by atoms with Crippen molar-refractivity contribution in [3.8, 4) is 22.6 Å². The van der Waals surface area contributed by atoms with Crippen molar-refractivity contribution >= 4 is 0 Å². The summed E-state index contributed by atoms with van der Waals surface area (Å²) in [7, 11) is 0. The van der Waals surface area contributed by atoms with E-state index in [0.717, 1.165) is 16.9 Å². The molecule has 82 valence electrons. The molecular formula is C14H14O2. The van der Waals surface area contributed by atoms with Crippen molar-refractivity contribution in [2.45, 2.75) is 6.92 Å². The van der Waals surface area contributed by atoms with Crippen LogP contribution in [0.5, 0.6) is 11.5 Å². The van der Waals surface area contributed by atoms with Gasteiger partial charge < -0.3 is 9.84 Å². The third kappa shape index (κ3) is 2.34. The second-order valence-electron chi connectivity index (χ2n) is 3.51. The molecule has 2 aromatic rings. The van der Waals surface area contributed by atoms with E-state index in [1.54, 1.807) is 12.1 Å². The fourth-order valence-electron chi connectivity index (χ4n) is 1.62.